The van der Waals surface area contributed by atoms with Crippen molar-refractivity contribution in [1.82, 2.24) is 0 Å². The fourth-order valence-electron chi connectivity index (χ4n) is 5.79. The molecule has 0 aliphatic carbocycles. The third-order valence-electron chi connectivity index (χ3n) is 8.73. The maximum absolute atomic E-state index is 12.9. The summed E-state index contributed by atoms with van der Waals surface area (Å²) < 4.78 is 11.9. The summed E-state index contributed by atoms with van der Waals surface area (Å²) in [7, 11) is 0. The summed E-state index contributed by atoms with van der Waals surface area (Å²) in [5, 5.41) is 15.1. The van der Waals surface area contributed by atoms with Gasteiger partial charge in [-0.25, -0.2) is 4.79 Å². The van der Waals surface area contributed by atoms with E-state index in [1.54, 1.807) is 0 Å². The minimum atomic E-state index is -0.790. The molecule has 6 rings (SSSR count). The van der Waals surface area contributed by atoms with Crippen molar-refractivity contribution in [3.63, 3.8) is 0 Å². The quantitative estimate of drug-likeness (QED) is 0.0583. The lowest BCUT2D eigenvalue weighted by Gasteiger charge is -2.26. The molecule has 6 heteroatoms. The molecule has 0 fully saturated rings. The number of carbonyl (C=O) groups excluding carboxylic acids is 1. The summed E-state index contributed by atoms with van der Waals surface area (Å²) in [5.74, 6) is 5.58. The second-order valence-corrected chi connectivity index (χ2v) is 14.5. The standard InChI is InChI=1S/C44H39NO5/c1-43(2,3)35-23-29(24-36(27-35)44(4,5)6)28-49-41-21-14-34-26-33(32-12-11-30-9-7-8-10-31(30)25-32)13-19-39(34)40(41)20-22-42(46)50-38-17-15-37(16-18-38)45(47)48/h7-19,21,23-27H,28H2,1-6H3. The number of nitro benzene ring substituents is 1. The SMILES string of the molecule is CC(C)(C)c1cc(COc2ccc3cc(-c4ccc5ccccc5c4)ccc3c2C#CC(=O)Oc2ccc([N+](=O)[O-])cc2)cc(C(C)(C)C)c1. The number of fused-ring (bicyclic) bond motifs is 2. The molecular weight excluding hydrogens is 622 g/mol. The number of nitro groups is 1. The third-order valence-corrected chi connectivity index (χ3v) is 8.73. The van der Waals surface area contributed by atoms with E-state index in [0.29, 0.717) is 17.9 Å². The minimum absolute atomic E-state index is 0.0393. The second kappa shape index (κ2) is 13.5. The Morgan fingerprint density at radius 2 is 1.30 bits per heavy atom. The van der Waals surface area contributed by atoms with Gasteiger partial charge in [0.25, 0.3) is 5.69 Å². The first-order valence-corrected chi connectivity index (χ1v) is 16.6. The van der Waals surface area contributed by atoms with Crippen molar-refractivity contribution in [2.45, 2.75) is 59.0 Å². The Balaban J connectivity index is 1.37. The lowest BCUT2D eigenvalue weighted by molar-refractivity contribution is -0.384. The van der Waals surface area contributed by atoms with Gasteiger partial charge >= 0.3 is 5.97 Å². The molecule has 0 saturated carbocycles. The molecule has 0 N–H and O–H groups in total. The Bertz CT molecular complexity index is 2280. The van der Waals surface area contributed by atoms with Gasteiger partial charge in [0.05, 0.1) is 10.5 Å². The molecule has 6 aromatic carbocycles. The van der Waals surface area contributed by atoms with Gasteiger partial charge in [-0.3, -0.25) is 10.1 Å². The number of nitrogens with zero attached hydrogens (tertiary/aromatic N) is 1. The highest BCUT2D eigenvalue weighted by Gasteiger charge is 2.21. The highest BCUT2D eigenvalue weighted by molar-refractivity contribution is 5.97. The highest BCUT2D eigenvalue weighted by atomic mass is 16.6. The number of hydrogen-bond acceptors (Lipinski definition) is 5. The number of non-ortho nitro benzene ring substituents is 1. The van der Waals surface area contributed by atoms with Crippen LogP contribution in [-0.2, 0) is 22.2 Å². The van der Waals surface area contributed by atoms with Crippen molar-refractivity contribution >= 4 is 33.2 Å². The lowest BCUT2D eigenvalue weighted by Crippen LogP contribution is -2.17. The Hall–Kier alpha value is -5.93. The number of rotatable bonds is 6. The smallest absolute Gasteiger partial charge is 0.390 e. The van der Waals surface area contributed by atoms with Gasteiger partial charge in [0.15, 0.2) is 0 Å². The first-order valence-electron chi connectivity index (χ1n) is 16.6. The fraction of sp³-hybridized carbons (Fsp3) is 0.205. The topological polar surface area (TPSA) is 78.7 Å². The molecule has 0 spiro atoms. The number of benzene rings is 6. The molecule has 0 radical (unpaired) electrons. The number of carbonyl (C=O) groups is 1. The van der Waals surface area contributed by atoms with Crippen LogP contribution >= 0.6 is 0 Å². The van der Waals surface area contributed by atoms with Crippen LogP contribution in [0.15, 0.2) is 115 Å². The van der Waals surface area contributed by atoms with Crippen LogP contribution in [0.2, 0.25) is 0 Å². The maximum Gasteiger partial charge on any atom is 0.390 e. The Labute approximate surface area is 292 Å². The first-order chi connectivity index (χ1) is 23.7. The average Bonchev–Trinajstić information content (AvgIpc) is 3.08. The monoisotopic (exact) mass is 661 g/mol. The summed E-state index contributed by atoms with van der Waals surface area (Å²) in [5.41, 5.74) is 6.06. The third kappa shape index (κ3) is 7.69. The van der Waals surface area contributed by atoms with E-state index in [1.165, 1.54) is 40.8 Å². The lowest BCUT2D eigenvalue weighted by atomic mass is 9.79. The summed E-state index contributed by atoms with van der Waals surface area (Å²) in [6, 6.07) is 36.8. The van der Waals surface area contributed by atoms with Crippen LogP contribution in [0.4, 0.5) is 5.69 Å². The van der Waals surface area contributed by atoms with E-state index in [9.17, 15) is 14.9 Å². The van der Waals surface area contributed by atoms with E-state index >= 15 is 0 Å². The Morgan fingerprint density at radius 3 is 1.94 bits per heavy atom. The van der Waals surface area contributed by atoms with Gasteiger partial charge in [-0.1, -0.05) is 120 Å². The maximum atomic E-state index is 12.9. The number of esters is 1. The summed E-state index contributed by atoms with van der Waals surface area (Å²) in [6.07, 6.45) is 0. The Morgan fingerprint density at radius 1 is 0.700 bits per heavy atom. The van der Waals surface area contributed by atoms with Gasteiger partial charge in [0.1, 0.15) is 18.1 Å². The molecule has 6 nitrogen and oxygen atoms in total. The summed E-state index contributed by atoms with van der Waals surface area (Å²) in [4.78, 5) is 23.4. The van der Waals surface area contributed by atoms with Gasteiger partial charge < -0.3 is 9.47 Å². The van der Waals surface area contributed by atoms with Crippen LogP contribution in [0, 0.1) is 22.0 Å². The van der Waals surface area contributed by atoms with Crippen molar-refractivity contribution in [2.24, 2.45) is 0 Å². The van der Waals surface area contributed by atoms with E-state index in [-0.39, 0.29) is 22.3 Å². The van der Waals surface area contributed by atoms with Crippen LogP contribution in [0.1, 0.15) is 63.8 Å². The van der Waals surface area contributed by atoms with Crippen LogP contribution in [0.5, 0.6) is 11.5 Å². The van der Waals surface area contributed by atoms with Gasteiger partial charge in [0.2, 0.25) is 0 Å². The van der Waals surface area contributed by atoms with Gasteiger partial charge in [-0.15, -0.1) is 0 Å². The van der Waals surface area contributed by atoms with Crippen molar-refractivity contribution in [1.29, 1.82) is 0 Å². The first kappa shape index (κ1) is 34.0. The van der Waals surface area contributed by atoms with Crippen LogP contribution in [0.25, 0.3) is 32.7 Å². The van der Waals surface area contributed by atoms with E-state index < -0.39 is 10.9 Å². The molecule has 250 valence electrons. The number of hydrogen-bond donors (Lipinski definition) is 0. The van der Waals surface area contributed by atoms with Gasteiger partial charge in [0, 0.05) is 23.4 Å². The van der Waals surface area contributed by atoms with Crippen molar-refractivity contribution in [3.8, 4) is 34.5 Å². The predicted molar refractivity (Wildman–Crippen MR) is 201 cm³/mol. The van der Waals surface area contributed by atoms with E-state index in [4.69, 9.17) is 9.47 Å². The van der Waals surface area contributed by atoms with Crippen molar-refractivity contribution < 1.29 is 19.2 Å². The van der Waals surface area contributed by atoms with E-state index in [0.717, 1.165) is 32.8 Å². The molecule has 6 aromatic rings. The Kier molecular flexibility index (Phi) is 9.18. The van der Waals surface area contributed by atoms with Crippen LogP contribution < -0.4 is 9.47 Å². The average molecular weight is 662 g/mol. The van der Waals surface area contributed by atoms with Crippen molar-refractivity contribution in [2.75, 3.05) is 0 Å². The van der Waals surface area contributed by atoms with E-state index in [1.807, 2.05) is 30.3 Å². The molecule has 50 heavy (non-hydrogen) atoms. The largest absolute Gasteiger partial charge is 0.488 e. The van der Waals surface area contributed by atoms with Crippen LogP contribution in [-0.4, -0.2) is 10.9 Å². The molecule has 0 aliphatic rings. The molecule has 0 atom stereocenters. The van der Waals surface area contributed by atoms with E-state index in [2.05, 4.69) is 114 Å². The second-order valence-electron chi connectivity index (χ2n) is 14.5. The van der Waals surface area contributed by atoms with Gasteiger partial charge in [-0.2, -0.15) is 0 Å². The molecule has 0 unspecified atom stereocenters. The summed E-state index contributed by atoms with van der Waals surface area (Å²) >= 11 is 0. The predicted octanol–water partition coefficient (Wildman–Crippen LogP) is 10.7. The highest BCUT2D eigenvalue weighted by Crippen LogP contribution is 2.34. The molecule has 0 heterocycles. The zero-order valence-electron chi connectivity index (χ0n) is 29.2. The molecule has 0 amide bonds. The summed E-state index contributed by atoms with van der Waals surface area (Å²) in [6.45, 7) is 13.6. The molecule has 0 aromatic heterocycles. The van der Waals surface area contributed by atoms with Gasteiger partial charge in [-0.05, 0) is 85.1 Å². The fourth-order valence-corrected chi connectivity index (χ4v) is 5.79. The zero-order chi connectivity index (χ0) is 35.6. The zero-order valence-corrected chi connectivity index (χ0v) is 29.2. The molecule has 0 aliphatic heterocycles. The molecule has 0 saturated heterocycles. The minimum Gasteiger partial charge on any atom is -0.488 e. The van der Waals surface area contributed by atoms with Crippen LogP contribution in [0.3, 0.4) is 0 Å². The normalized spacial score (nSPS) is 11.6. The number of ether oxygens (including phenoxy) is 2. The molecule has 0 bridgehead atoms. The molecular formula is C44H39NO5. The van der Waals surface area contributed by atoms with Crippen molar-refractivity contribution in [3.05, 3.63) is 148 Å².